The van der Waals surface area contributed by atoms with Crippen molar-refractivity contribution >= 4 is 35.6 Å². The molecule has 27 heavy (non-hydrogen) atoms. The van der Waals surface area contributed by atoms with Gasteiger partial charge in [-0.15, -0.1) is 24.0 Å². The van der Waals surface area contributed by atoms with Gasteiger partial charge in [-0.25, -0.2) is 0 Å². The average molecular weight is 490 g/mol. The zero-order valence-electron chi connectivity index (χ0n) is 16.9. The van der Waals surface area contributed by atoms with Crippen molar-refractivity contribution in [3.8, 4) is 5.75 Å². The molecule has 1 aliphatic heterocycles. The van der Waals surface area contributed by atoms with Crippen molar-refractivity contribution in [2.45, 2.75) is 26.2 Å². The van der Waals surface area contributed by atoms with Crippen molar-refractivity contribution in [3.05, 3.63) is 24.3 Å². The van der Waals surface area contributed by atoms with Gasteiger partial charge in [-0.05, 0) is 38.3 Å². The number of benzene rings is 1. The fourth-order valence-electron chi connectivity index (χ4n) is 3.13. The molecular weight excluding hydrogens is 455 g/mol. The zero-order chi connectivity index (χ0) is 18.6. The van der Waals surface area contributed by atoms with Gasteiger partial charge in [-0.3, -0.25) is 4.99 Å². The number of unbranched alkanes of at least 4 members (excludes halogenated alkanes) is 2. The van der Waals surface area contributed by atoms with E-state index in [0.29, 0.717) is 0 Å². The van der Waals surface area contributed by atoms with Crippen molar-refractivity contribution in [1.29, 1.82) is 0 Å². The number of ether oxygens (including phenoxy) is 2. The van der Waals surface area contributed by atoms with Crippen LogP contribution in [-0.2, 0) is 4.74 Å². The second kappa shape index (κ2) is 13.9. The first-order chi connectivity index (χ1) is 12.8. The Hall–Kier alpha value is -1.22. The van der Waals surface area contributed by atoms with E-state index in [0.717, 1.165) is 70.4 Å². The predicted molar refractivity (Wildman–Crippen MR) is 124 cm³/mol. The summed E-state index contributed by atoms with van der Waals surface area (Å²) in [7, 11) is 3.47. The summed E-state index contributed by atoms with van der Waals surface area (Å²) in [5.41, 5.74) is 1.23. The Morgan fingerprint density at radius 3 is 2.56 bits per heavy atom. The molecule has 0 bridgehead atoms. The van der Waals surface area contributed by atoms with Gasteiger partial charge in [0, 0.05) is 64.7 Å². The van der Waals surface area contributed by atoms with Crippen LogP contribution in [0, 0.1) is 0 Å². The molecular formula is C20H35IN4O2. The Morgan fingerprint density at radius 1 is 1.11 bits per heavy atom. The van der Waals surface area contributed by atoms with Crippen LogP contribution < -0.4 is 15.0 Å². The number of guanidine groups is 1. The minimum Gasteiger partial charge on any atom is -0.497 e. The van der Waals surface area contributed by atoms with E-state index in [2.05, 4.69) is 40.2 Å². The smallest absolute Gasteiger partial charge is 0.194 e. The van der Waals surface area contributed by atoms with Crippen LogP contribution in [0.2, 0.25) is 0 Å². The fraction of sp³-hybridized carbons (Fsp3) is 0.650. The number of nitrogens with one attached hydrogen (secondary N) is 1. The summed E-state index contributed by atoms with van der Waals surface area (Å²) in [4.78, 5) is 9.59. The lowest BCUT2D eigenvalue weighted by molar-refractivity contribution is 0.192. The van der Waals surface area contributed by atoms with Gasteiger partial charge in [0.1, 0.15) is 5.75 Å². The second-order valence-corrected chi connectivity index (χ2v) is 6.46. The highest BCUT2D eigenvalue weighted by molar-refractivity contribution is 14.0. The van der Waals surface area contributed by atoms with Gasteiger partial charge in [0.2, 0.25) is 0 Å². The van der Waals surface area contributed by atoms with Crippen LogP contribution in [0.25, 0.3) is 0 Å². The molecule has 0 amide bonds. The number of nitrogens with zero attached hydrogens (tertiary/aromatic N) is 3. The summed E-state index contributed by atoms with van der Waals surface area (Å²) in [6, 6.07) is 8.30. The Balaban J connectivity index is 0.00000364. The topological polar surface area (TPSA) is 49.3 Å². The third-order valence-corrected chi connectivity index (χ3v) is 4.60. The summed E-state index contributed by atoms with van der Waals surface area (Å²) < 4.78 is 10.4. The number of halogens is 1. The SMILES string of the molecule is CCNC(=NCCCCCOC)N1CCN(c2cccc(OC)c2)CC1.I. The Morgan fingerprint density at radius 2 is 1.89 bits per heavy atom. The molecule has 1 aliphatic rings. The van der Waals surface area contributed by atoms with E-state index in [4.69, 9.17) is 14.5 Å². The molecule has 154 valence electrons. The minimum atomic E-state index is 0. The van der Waals surface area contributed by atoms with E-state index in [1.165, 1.54) is 12.1 Å². The van der Waals surface area contributed by atoms with Gasteiger partial charge in [-0.1, -0.05) is 6.07 Å². The van der Waals surface area contributed by atoms with Crippen molar-refractivity contribution in [1.82, 2.24) is 10.2 Å². The summed E-state index contributed by atoms with van der Waals surface area (Å²) in [6.45, 7) is 8.69. The van der Waals surface area contributed by atoms with Crippen molar-refractivity contribution in [3.63, 3.8) is 0 Å². The van der Waals surface area contributed by atoms with Gasteiger partial charge in [0.25, 0.3) is 0 Å². The van der Waals surface area contributed by atoms with E-state index in [1.54, 1.807) is 14.2 Å². The first-order valence-corrected chi connectivity index (χ1v) is 9.69. The van der Waals surface area contributed by atoms with Gasteiger partial charge >= 0.3 is 0 Å². The lowest BCUT2D eigenvalue weighted by Crippen LogP contribution is -2.52. The van der Waals surface area contributed by atoms with Crippen LogP contribution in [0.4, 0.5) is 5.69 Å². The van der Waals surface area contributed by atoms with E-state index in [-0.39, 0.29) is 24.0 Å². The van der Waals surface area contributed by atoms with E-state index in [1.807, 2.05) is 6.07 Å². The Bertz CT molecular complexity index is 549. The molecule has 1 saturated heterocycles. The standard InChI is InChI=1S/C20H34N4O2.HI/c1-4-21-20(22-11-6-5-7-16-25-2)24-14-12-23(13-15-24)18-9-8-10-19(17-18)26-3;/h8-10,17H,4-7,11-16H2,1-3H3,(H,21,22);1H. The molecule has 1 fully saturated rings. The van der Waals surface area contributed by atoms with Crippen LogP contribution in [-0.4, -0.2) is 71.0 Å². The number of piperazine rings is 1. The summed E-state index contributed by atoms with van der Waals surface area (Å²) in [6.07, 6.45) is 3.39. The number of methoxy groups -OCH3 is 2. The predicted octanol–water partition coefficient (Wildman–Crippen LogP) is 3.22. The normalized spacial score (nSPS) is 14.7. The molecule has 1 N–H and O–H groups in total. The minimum absolute atomic E-state index is 0. The zero-order valence-corrected chi connectivity index (χ0v) is 19.3. The first kappa shape index (κ1) is 23.8. The molecule has 0 radical (unpaired) electrons. The summed E-state index contributed by atoms with van der Waals surface area (Å²) in [5.74, 6) is 1.96. The quantitative estimate of drug-likeness (QED) is 0.249. The van der Waals surface area contributed by atoms with Crippen molar-refractivity contribution in [2.24, 2.45) is 4.99 Å². The number of rotatable bonds is 9. The van der Waals surface area contributed by atoms with E-state index in [9.17, 15) is 0 Å². The maximum atomic E-state index is 5.34. The molecule has 6 nitrogen and oxygen atoms in total. The fourth-order valence-corrected chi connectivity index (χ4v) is 3.13. The maximum absolute atomic E-state index is 5.34. The molecule has 0 saturated carbocycles. The van der Waals surface area contributed by atoms with Gasteiger partial charge in [-0.2, -0.15) is 0 Å². The largest absolute Gasteiger partial charge is 0.497 e. The highest BCUT2D eigenvalue weighted by atomic mass is 127. The third-order valence-electron chi connectivity index (χ3n) is 4.60. The lowest BCUT2D eigenvalue weighted by Gasteiger charge is -2.37. The molecule has 2 rings (SSSR count). The van der Waals surface area contributed by atoms with Crippen LogP contribution in [0.15, 0.2) is 29.3 Å². The van der Waals surface area contributed by atoms with Gasteiger partial charge in [0.05, 0.1) is 7.11 Å². The monoisotopic (exact) mass is 490 g/mol. The van der Waals surface area contributed by atoms with Crippen molar-refractivity contribution in [2.75, 3.05) is 65.0 Å². The molecule has 0 spiro atoms. The Labute approximate surface area is 181 Å². The number of hydrogen-bond acceptors (Lipinski definition) is 4. The molecule has 0 aromatic heterocycles. The van der Waals surface area contributed by atoms with Crippen LogP contribution in [0.5, 0.6) is 5.75 Å². The molecule has 0 unspecified atom stereocenters. The van der Waals surface area contributed by atoms with Crippen molar-refractivity contribution < 1.29 is 9.47 Å². The molecule has 1 aromatic carbocycles. The first-order valence-electron chi connectivity index (χ1n) is 9.69. The maximum Gasteiger partial charge on any atom is 0.194 e. The van der Waals surface area contributed by atoms with Gasteiger partial charge < -0.3 is 24.6 Å². The van der Waals surface area contributed by atoms with Crippen LogP contribution in [0.1, 0.15) is 26.2 Å². The summed E-state index contributed by atoms with van der Waals surface area (Å²) >= 11 is 0. The van der Waals surface area contributed by atoms with E-state index < -0.39 is 0 Å². The molecule has 0 aliphatic carbocycles. The lowest BCUT2D eigenvalue weighted by atomic mass is 10.2. The number of anilines is 1. The summed E-state index contributed by atoms with van der Waals surface area (Å²) in [5, 5.41) is 3.44. The second-order valence-electron chi connectivity index (χ2n) is 6.46. The van der Waals surface area contributed by atoms with Crippen LogP contribution in [0.3, 0.4) is 0 Å². The molecule has 1 heterocycles. The third kappa shape index (κ3) is 8.13. The molecule has 1 aromatic rings. The highest BCUT2D eigenvalue weighted by Gasteiger charge is 2.20. The number of hydrogen-bond donors (Lipinski definition) is 1. The molecule has 7 heteroatoms. The Kier molecular flexibility index (Phi) is 12.2. The van der Waals surface area contributed by atoms with E-state index >= 15 is 0 Å². The van der Waals surface area contributed by atoms with Crippen LogP contribution >= 0.6 is 24.0 Å². The number of aliphatic imine (C=N–C) groups is 1. The molecule has 0 atom stereocenters. The van der Waals surface area contributed by atoms with Gasteiger partial charge in [0.15, 0.2) is 5.96 Å². The average Bonchev–Trinajstić information content (AvgIpc) is 2.70. The highest BCUT2D eigenvalue weighted by Crippen LogP contribution is 2.22.